The average Bonchev–Trinajstić information content (AvgIpc) is 2.91. The predicted molar refractivity (Wildman–Crippen MR) is 88.9 cm³/mol. The van der Waals surface area contributed by atoms with Crippen molar-refractivity contribution >= 4 is 28.9 Å². The second kappa shape index (κ2) is 9.03. The fourth-order valence-corrected chi connectivity index (χ4v) is 2.42. The summed E-state index contributed by atoms with van der Waals surface area (Å²) in [4.78, 5) is 5.32. The summed E-state index contributed by atoms with van der Waals surface area (Å²) in [5, 5.41) is 12.9. The van der Waals surface area contributed by atoms with E-state index in [9.17, 15) is 0 Å². The normalized spacial score (nSPS) is 14.8. The summed E-state index contributed by atoms with van der Waals surface area (Å²) in [5.41, 5.74) is 3.15. The summed E-state index contributed by atoms with van der Waals surface area (Å²) in [5.74, 6) is 0.828. The van der Waals surface area contributed by atoms with Crippen molar-refractivity contribution < 1.29 is 14.7 Å². The van der Waals surface area contributed by atoms with Crippen LogP contribution in [0.3, 0.4) is 0 Å². The Hall–Kier alpha value is -1.23. The number of oxime groups is 1. The molecule has 0 fully saturated rings. The summed E-state index contributed by atoms with van der Waals surface area (Å²) in [7, 11) is 0. The van der Waals surface area contributed by atoms with Crippen molar-refractivity contribution in [2.75, 3.05) is 19.8 Å². The summed E-state index contributed by atoms with van der Waals surface area (Å²) in [6.07, 6.45) is 4.85. The van der Waals surface area contributed by atoms with Crippen LogP contribution in [0.25, 0.3) is 0 Å². The first-order valence-electron chi connectivity index (χ1n) is 7.28. The predicted octanol–water partition coefficient (Wildman–Crippen LogP) is 3.82. The fourth-order valence-electron chi connectivity index (χ4n) is 2.30. The number of rotatable bonds is 8. The van der Waals surface area contributed by atoms with Crippen LogP contribution in [0.1, 0.15) is 30.4 Å². The zero-order chi connectivity index (χ0) is 15.8. The van der Waals surface area contributed by atoms with Gasteiger partial charge in [-0.3, -0.25) is 0 Å². The van der Waals surface area contributed by atoms with Crippen molar-refractivity contribution in [1.29, 1.82) is 0 Å². The molecule has 1 aliphatic rings. The molecule has 2 rings (SSSR count). The molecule has 0 radical (unpaired) electrons. The van der Waals surface area contributed by atoms with E-state index in [0.29, 0.717) is 13.2 Å². The van der Waals surface area contributed by atoms with Gasteiger partial charge < -0.3 is 14.7 Å². The van der Waals surface area contributed by atoms with Crippen LogP contribution in [0, 0.1) is 0 Å². The third-order valence-corrected chi connectivity index (χ3v) is 3.66. The van der Waals surface area contributed by atoms with Crippen molar-refractivity contribution in [2.24, 2.45) is 5.16 Å². The lowest BCUT2D eigenvalue weighted by molar-refractivity contribution is 0.134. The molecule has 0 aliphatic heterocycles. The highest BCUT2D eigenvalue weighted by molar-refractivity contribution is 6.55. The molecule has 0 saturated heterocycles. The van der Waals surface area contributed by atoms with Gasteiger partial charge in [0, 0.05) is 17.7 Å². The molecule has 0 heterocycles. The monoisotopic (exact) mass is 343 g/mol. The molecule has 6 heteroatoms. The number of halogens is 2. The van der Waals surface area contributed by atoms with Gasteiger partial charge in [0.25, 0.3) is 0 Å². The summed E-state index contributed by atoms with van der Waals surface area (Å²) in [6.45, 7) is 1.04. The minimum Gasteiger partial charge on any atom is -0.489 e. The van der Waals surface area contributed by atoms with E-state index >= 15 is 0 Å². The number of fused-ring (bicyclic) bond motifs is 1. The number of aliphatic hydroxyl groups excluding tert-OH is 1. The molecule has 0 spiro atoms. The van der Waals surface area contributed by atoms with Gasteiger partial charge in [0.2, 0.25) is 0 Å². The molecule has 0 aromatic heterocycles. The SMILES string of the molecule is OCCCCON=C1CCc2c(OCC=C(Cl)Cl)cccc21. The van der Waals surface area contributed by atoms with E-state index < -0.39 is 0 Å². The largest absolute Gasteiger partial charge is 0.489 e. The van der Waals surface area contributed by atoms with Crippen LogP contribution in [0.4, 0.5) is 0 Å². The van der Waals surface area contributed by atoms with Gasteiger partial charge in [0.1, 0.15) is 23.5 Å². The first kappa shape index (κ1) is 17.1. The van der Waals surface area contributed by atoms with Crippen LogP contribution in [0.15, 0.2) is 33.9 Å². The second-order valence-electron chi connectivity index (χ2n) is 4.89. The van der Waals surface area contributed by atoms with Crippen molar-refractivity contribution in [3.8, 4) is 5.75 Å². The van der Waals surface area contributed by atoms with Crippen LogP contribution < -0.4 is 4.74 Å². The molecular weight excluding hydrogens is 325 g/mol. The zero-order valence-corrected chi connectivity index (χ0v) is 13.7. The third kappa shape index (κ3) is 4.90. The van der Waals surface area contributed by atoms with Crippen molar-refractivity contribution in [3.05, 3.63) is 39.9 Å². The van der Waals surface area contributed by atoms with Crippen molar-refractivity contribution in [3.63, 3.8) is 0 Å². The number of unbranched alkanes of at least 4 members (excludes halogenated alkanes) is 1. The Labute approximate surface area is 140 Å². The molecule has 0 amide bonds. The second-order valence-corrected chi connectivity index (χ2v) is 5.90. The Kier molecular flexibility index (Phi) is 7.03. The lowest BCUT2D eigenvalue weighted by atomic mass is 10.1. The number of hydrogen-bond donors (Lipinski definition) is 1. The number of ether oxygens (including phenoxy) is 1. The number of nitrogens with zero attached hydrogens (tertiary/aromatic N) is 1. The van der Waals surface area contributed by atoms with Crippen molar-refractivity contribution in [2.45, 2.75) is 25.7 Å². The summed E-state index contributed by atoms with van der Waals surface area (Å²) < 4.78 is 5.90. The Morgan fingerprint density at radius 2 is 2.14 bits per heavy atom. The quantitative estimate of drug-likeness (QED) is 0.576. The molecule has 22 heavy (non-hydrogen) atoms. The molecule has 0 unspecified atom stereocenters. The van der Waals surface area contributed by atoms with E-state index in [-0.39, 0.29) is 11.1 Å². The summed E-state index contributed by atoms with van der Waals surface area (Å²) in [6, 6.07) is 5.89. The number of benzene rings is 1. The zero-order valence-electron chi connectivity index (χ0n) is 12.2. The molecule has 120 valence electrons. The van der Waals surface area contributed by atoms with Crippen molar-refractivity contribution in [1.82, 2.24) is 0 Å². The molecule has 0 atom stereocenters. The van der Waals surface area contributed by atoms with Gasteiger partial charge in [-0.25, -0.2) is 0 Å². The van der Waals surface area contributed by atoms with Crippen LogP contribution in [-0.2, 0) is 11.3 Å². The molecule has 1 N–H and O–H groups in total. The topological polar surface area (TPSA) is 51.0 Å². The van der Waals surface area contributed by atoms with Gasteiger partial charge in [0.05, 0.1) is 5.71 Å². The van der Waals surface area contributed by atoms with Crippen LogP contribution >= 0.6 is 23.2 Å². The molecule has 4 nitrogen and oxygen atoms in total. The average molecular weight is 344 g/mol. The maximum Gasteiger partial charge on any atom is 0.123 e. The van der Waals surface area contributed by atoms with E-state index in [1.807, 2.05) is 18.2 Å². The van der Waals surface area contributed by atoms with E-state index in [0.717, 1.165) is 48.3 Å². The maximum atomic E-state index is 8.72. The highest BCUT2D eigenvalue weighted by Gasteiger charge is 2.21. The first-order chi connectivity index (χ1) is 10.7. The highest BCUT2D eigenvalue weighted by Crippen LogP contribution is 2.31. The van der Waals surface area contributed by atoms with E-state index in [4.69, 9.17) is 37.9 Å². The number of aliphatic hydroxyl groups is 1. The van der Waals surface area contributed by atoms with Crippen LogP contribution in [0.5, 0.6) is 5.75 Å². The smallest absolute Gasteiger partial charge is 0.123 e. The Morgan fingerprint density at radius 3 is 2.91 bits per heavy atom. The number of hydrogen-bond acceptors (Lipinski definition) is 4. The highest BCUT2D eigenvalue weighted by atomic mass is 35.5. The van der Waals surface area contributed by atoms with Crippen LogP contribution in [0.2, 0.25) is 0 Å². The van der Waals surface area contributed by atoms with Gasteiger partial charge in [-0.05, 0) is 37.8 Å². The van der Waals surface area contributed by atoms with Gasteiger partial charge >= 0.3 is 0 Å². The molecule has 0 saturated carbocycles. The van der Waals surface area contributed by atoms with Gasteiger partial charge in [-0.15, -0.1) is 0 Å². The minimum atomic E-state index is 0.185. The van der Waals surface area contributed by atoms with E-state index in [1.165, 1.54) is 0 Å². The third-order valence-electron chi connectivity index (χ3n) is 3.35. The fraction of sp³-hybridized carbons (Fsp3) is 0.438. The van der Waals surface area contributed by atoms with Crippen LogP contribution in [-0.4, -0.2) is 30.6 Å². The summed E-state index contributed by atoms with van der Waals surface area (Å²) >= 11 is 11.1. The Bertz CT molecular complexity index is 554. The molecule has 1 aromatic carbocycles. The lowest BCUT2D eigenvalue weighted by Gasteiger charge is -2.08. The first-order valence-corrected chi connectivity index (χ1v) is 8.04. The maximum absolute atomic E-state index is 8.72. The molecule has 1 aliphatic carbocycles. The molecule has 1 aromatic rings. The van der Waals surface area contributed by atoms with E-state index in [1.54, 1.807) is 6.08 Å². The molecule has 0 bridgehead atoms. The van der Waals surface area contributed by atoms with Gasteiger partial charge in [-0.2, -0.15) is 0 Å². The lowest BCUT2D eigenvalue weighted by Crippen LogP contribution is -2.00. The van der Waals surface area contributed by atoms with E-state index in [2.05, 4.69) is 5.16 Å². The molecular formula is C16H19Cl2NO3. The van der Waals surface area contributed by atoms with Gasteiger partial charge in [-0.1, -0.05) is 40.5 Å². The van der Waals surface area contributed by atoms with Gasteiger partial charge in [0.15, 0.2) is 0 Å². The Morgan fingerprint density at radius 1 is 1.27 bits per heavy atom. The Balaban J connectivity index is 1.99. The minimum absolute atomic E-state index is 0.185. The standard InChI is InChI=1S/C16H19Cl2NO3/c17-16(18)8-11-21-15-5-3-4-12-13(15)6-7-14(12)19-22-10-2-1-9-20/h3-5,8,20H,1-2,6-7,9-11H2.